The maximum Gasteiger partial charge on any atom is 0.339 e. The van der Waals surface area contributed by atoms with Gasteiger partial charge in [-0.2, -0.15) is 0 Å². The van der Waals surface area contributed by atoms with Crippen LogP contribution < -0.4 is 0 Å². The van der Waals surface area contributed by atoms with Crippen LogP contribution in [-0.2, 0) is 4.74 Å². The molecule has 0 saturated heterocycles. The zero-order valence-electron chi connectivity index (χ0n) is 8.17. The summed E-state index contributed by atoms with van der Waals surface area (Å²) >= 11 is 0. The lowest BCUT2D eigenvalue weighted by molar-refractivity contribution is 0.0600. The Balaban J connectivity index is 2.55. The molecule has 0 fully saturated rings. The lowest BCUT2D eigenvalue weighted by Crippen LogP contribution is -2.03. The lowest BCUT2D eigenvalue weighted by atomic mass is 10.3. The predicted molar refractivity (Wildman–Crippen MR) is 54.4 cm³/mol. The molecule has 5 nitrogen and oxygen atoms in total. The number of rotatable bonds is 2. The average molecular weight is 203 g/mol. The van der Waals surface area contributed by atoms with E-state index in [2.05, 4.69) is 21.4 Å². The van der Waals surface area contributed by atoms with Gasteiger partial charge in [-0.05, 0) is 18.2 Å². The van der Waals surface area contributed by atoms with Crippen LogP contribution in [-0.4, -0.2) is 27.7 Å². The Morgan fingerprint density at radius 1 is 1.60 bits per heavy atom. The summed E-state index contributed by atoms with van der Waals surface area (Å²) in [7, 11) is 1.34. The largest absolute Gasteiger partial charge is 0.465 e. The first-order chi connectivity index (χ1) is 7.24. The number of nitrogens with zero attached hydrogens (tertiary/aromatic N) is 3. The molecule has 0 radical (unpaired) electrons. The zero-order valence-corrected chi connectivity index (χ0v) is 8.17. The molecule has 0 spiro atoms. The average Bonchev–Trinajstić information content (AvgIpc) is 2.69. The van der Waals surface area contributed by atoms with Gasteiger partial charge in [0, 0.05) is 6.20 Å². The van der Waals surface area contributed by atoms with Crippen LogP contribution in [0.3, 0.4) is 0 Å². The molecule has 0 N–H and O–H groups in total. The third-order valence-corrected chi connectivity index (χ3v) is 1.95. The van der Waals surface area contributed by atoms with Gasteiger partial charge in [0.05, 0.1) is 12.7 Å². The summed E-state index contributed by atoms with van der Waals surface area (Å²) in [4.78, 5) is 15.4. The Morgan fingerprint density at radius 2 is 2.40 bits per heavy atom. The molecule has 2 aromatic heterocycles. The van der Waals surface area contributed by atoms with Gasteiger partial charge in [0.15, 0.2) is 11.5 Å². The van der Waals surface area contributed by atoms with Crippen molar-refractivity contribution in [3.63, 3.8) is 0 Å². The molecule has 2 aromatic rings. The molecule has 2 heterocycles. The van der Waals surface area contributed by atoms with Crippen molar-refractivity contribution in [3.8, 4) is 0 Å². The van der Waals surface area contributed by atoms with Crippen molar-refractivity contribution >= 4 is 17.7 Å². The maximum absolute atomic E-state index is 11.2. The summed E-state index contributed by atoms with van der Waals surface area (Å²) in [5, 5.41) is 4.09. The monoisotopic (exact) mass is 203 g/mol. The fourth-order valence-electron chi connectivity index (χ4n) is 1.23. The number of methoxy groups -OCH3 is 1. The first-order valence-electron chi connectivity index (χ1n) is 4.32. The summed E-state index contributed by atoms with van der Waals surface area (Å²) in [6, 6.07) is 3.34. The van der Waals surface area contributed by atoms with Crippen molar-refractivity contribution < 1.29 is 9.53 Å². The van der Waals surface area contributed by atoms with E-state index in [0.29, 0.717) is 17.0 Å². The van der Waals surface area contributed by atoms with E-state index in [9.17, 15) is 4.79 Å². The molecule has 0 atom stereocenters. The Kier molecular flexibility index (Phi) is 2.21. The molecule has 0 aromatic carbocycles. The highest BCUT2D eigenvalue weighted by molar-refractivity contribution is 5.89. The molecule has 76 valence electrons. The van der Waals surface area contributed by atoms with Gasteiger partial charge in [0.25, 0.3) is 0 Å². The first-order valence-corrected chi connectivity index (χ1v) is 4.32. The smallest absolute Gasteiger partial charge is 0.339 e. The molecule has 0 aliphatic heterocycles. The predicted octanol–water partition coefficient (Wildman–Crippen LogP) is 1.16. The fraction of sp³-hybridized carbons (Fsp3) is 0.100. The highest BCUT2D eigenvalue weighted by Gasteiger charge is 2.07. The highest BCUT2D eigenvalue weighted by Crippen LogP contribution is 2.06. The quantitative estimate of drug-likeness (QED) is 0.687. The first kappa shape index (κ1) is 9.39. The summed E-state index contributed by atoms with van der Waals surface area (Å²) in [5.41, 5.74) is 1.10. The van der Waals surface area contributed by atoms with Crippen LogP contribution in [0.1, 0.15) is 16.2 Å². The van der Waals surface area contributed by atoms with Crippen LogP contribution >= 0.6 is 0 Å². The molecule has 0 aliphatic rings. The van der Waals surface area contributed by atoms with Crippen LogP contribution in [0.5, 0.6) is 0 Å². The normalized spacial score (nSPS) is 10.2. The Hall–Kier alpha value is -2.17. The maximum atomic E-state index is 11.2. The van der Waals surface area contributed by atoms with E-state index in [-0.39, 0.29) is 0 Å². The molecular weight excluding hydrogens is 194 g/mol. The Morgan fingerprint density at radius 3 is 3.07 bits per heavy atom. The number of pyridine rings is 1. The summed E-state index contributed by atoms with van der Waals surface area (Å²) < 4.78 is 6.11. The van der Waals surface area contributed by atoms with Crippen LogP contribution in [0.15, 0.2) is 24.9 Å². The number of fused-ring (bicyclic) bond motifs is 1. The summed E-state index contributed by atoms with van der Waals surface area (Å²) in [6.07, 6.45) is 3.12. The van der Waals surface area contributed by atoms with E-state index in [1.807, 2.05) is 0 Å². The van der Waals surface area contributed by atoms with Gasteiger partial charge < -0.3 is 4.74 Å². The van der Waals surface area contributed by atoms with Crippen LogP contribution in [0.25, 0.3) is 11.7 Å². The molecule has 0 saturated carbocycles. The van der Waals surface area contributed by atoms with Crippen LogP contribution in [0.2, 0.25) is 0 Å². The molecule has 0 aliphatic carbocycles. The van der Waals surface area contributed by atoms with E-state index in [4.69, 9.17) is 0 Å². The SMILES string of the molecule is C=Cc1nc2ccc(C(=O)OC)cn2n1. The molecule has 0 amide bonds. The van der Waals surface area contributed by atoms with Crippen molar-refractivity contribution in [2.45, 2.75) is 0 Å². The topological polar surface area (TPSA) is 56.5 Å². The molecule has 2 rings (SSSR count). The Bertz CT molecular complexity index is 530. The second-order valence-corrected chi connectivity index (χ2v) is 2.89. The van der Waals surface area contributed by atoms with E-state index in [1.54, 1.807) is 24.4 Å². The van der Waals surface area contributed by atoms with Crippen molar-refractivity contribution in [1.82, 2.24) is 14.6 Å². The van der Waals surface area contributed by atoms with E-state index >= 15 is 0 Å². The van der Waals surface area contributed by atoms with E-state index < -0.39 is 5.97 Å². The van der Waals surface area contributed by atoms with Crippen molar-refractivity contribution in [1.29, 1.82) is 0 Å². The van der Waals surface area contributed by atoms with Crippen molar-refractivity contribution in [3.05, 3.63) is 36.3 Å². The van der Waals surface area contributed by atoms with Gasteiger partial charge in [-0.15, -0.1) is 5.10 Å². The van der Waals surface area contributed by atoms with E-state index in [1.165, 1.54) is 11.6 Å². The second kappa shape index (κ2) is 3.53. The molecule has 0 bridgehead atoms. The van der Waals surface area contributed by atoms with E-state index in [0.717, 1.165) is 0 Å². The Labute approximate surface area is 86.0 Å². The standard InChI is InChI=1S/C10H9N3O2/c1-3-8-11-9-5-4-7(10(14)15-2)6-13(9)12-8/h3-6H,1H2,2H3. The number of hydrogen-bond donors (Lipinski definition) is 0. The summed E-state index contributed by atoms with van der Waals surface area (Å²) in [6.45, 7) is 3.57. The second-order valence-electron chi connectivity index (χ2n) is 2.89. The van der Waals surface area contributed by atoms with Gasteiger partial charge in [0.1, 0.15) is 0 Å². The highest BCUT2D eigenvalue weighted by atomic mass is 16.5. The molecule has 15 heavy (non-hydrogen) atoms. The van der Waals surface area contributed by atoms with Crippen LogP contribution in [0.4, 0.5) is 0 Å². The lowest BCUT2D eigenvalue weighted by Gasteiger charge is -1.98. The number of esters is 1. The number of carbonyl (C=O) groups excluding carboxylic acids is 1. The minimum atomic E-state index is -0.396. The van der Waals surface area contributed by atoms with Gasteiger partial charge in [-0.3, -0.25) is 0 Å². The minimum absolute atomic E-state index is 0.396. The van der Waals surface area contributed by atoms with Gasteiger partial charge >= 0.3 is 5.97 Å². The molecule has 5 heteroatoms. The zero-order chi connectivity index (χ0) is 10.8. The fourth-order valence-corrected chi connectivity index (χ4v) is 1.23. The number of aromatic nitrogens is 3. The third kappa shape index (κ3) is 1.59. The van der Waals surface area contributed by atoms with Gasteiger partial charge in [-0.1, -0.05) is 6.58 Å². The minimum Gasteiger partial charge on any atom is -0.465 e. The van der Waals surface area contributed by atoms with Gasteiger partial charge in [0.2, 0.25) is 0 Å². The van der Waals surface area contributed by atoms with Crippen molar-refractivity contribution in [2.75, 3.05) is 7.11 Å². The number of carbonyl (C=O) groups is 1. The van der Waals surface area contributed by atoms with Crippen molar-refractivity contribution in [2.24, 2.45) is 0 Å². The van der Waals surface area contributed by atoms with Crippen LogP contribution in [0, 0.1) is 0 Å². The summed E-state index contributed by atoms with van der Waals surface area (Å²) in [5.74, 6) is 0.129. The molecule has 0 unspecified atom stereocenters. The van der Waals surface area contributed by atoms with Gasteiger partial charge in [-0.25, -0.2) is 14.3 Å². The number of ether oxygens (including phenoxy) is 1. The molecular formula is C10H9N3O2. The third-order valence-electron chi connectivity index (χ3n) is 1.95. The number of hydrogen-bond acceptors (Lipinski definition) is 4.